The molecule has 0 aliphatic rings. The second kappa shape index (κ2) is 20.0. The van der Waals surface area contributed by atoms with Crippen molar-refractivity contribution in [2.45, 2.75) is 88.5 Å². The van der Waals surface area contributed by atoms with E-state index in [4.69, 9.17) is 0 Å². The first-order valence-electron chi connectivity index (χ1n) is 19.5. The molecule has 0 spiro atoms. The van der Waals surface area contributed by atoms with Crippen LogP contribution in [-0.2, 0) is 23.3 Å². The molecule has 0 aliphatic heterocycles. The zero-order chi connectivity index (χ0) is 47.6. The molecular weight excluding hydrogens is 913 g/mol. The first-order chi connectivity index (χ1) is 29.3. The van der Waals surface area contributed by atoms with Crippen molar-refractivity contribution in [2.75, 3.05) is 0 Å². The van der Waals surface area contributed by atoms with E-state index in [2.05, 4.69) is 3.50 Å². The Balaban J connectivity index is 0.000000208. The fourth-order valence-corrected chi connectivity index (χ4v) is 8.68. The van der Waals surface area contributed by atoms with Gasteiger partial charge < -0.3 is 10.2 Å². The summed E-state index contributed by atoms with van der Waals surface area (Å²) < 4.78 is 127. The third kappa shape index (κ3) is 10.4. The zero-order valence-corrected chi connectivity index (χ0v) is 38.9. The van der Waals surface area contributed by atoms with Crippen molar-refractivity contribution < 1.29 is 67.6 Å². The van der Waals surface area contributed by atoms with Crippen molar-refractivity contribution in [1.29, 1.82) is 0 Å². The largest absolute Gasteiger partial charge is 0.504 e. The van der Waals surface area contributed by atoms with Gasteiger partial charge in [-0.2, -0.15) is 0 Å². The second-order valence-corrected chi connectivity index (χ2v) is 17.5. The first-order valence-corrected chi connectivity index (χ1v) is 21.6. The van der Waals surface area contributed by atoms with Crippen molar-refractivity contribution >= 4 is 10.1 Å². The summed E-state index contributed by atoms with van der Waals surface area (Å²) in [5.41, 5.74) is 8.52. The van der Waals surface area contributed by atoms with Crippen LogP contribution in [0, 0.1) is 122 Å². The van der Waals surface area contributed by atoms with Crippen LogP contribution < -0.4 is 0 Å². The SMILES string of the molecule is CC(C)([CH]=[Mo]=[N]c1c(F)c(F)c(F)c(F)c1F)c1ccccc1.Cc1cc(F)c(C)c(-c2c(C)c(C)cc(F)c2O)c1C.Cc1cc(F)c(C)c(-c2c(C)c(C)cc(F)c2O)c1C. The third-order valence-electron chi connectivity index (χ3n) is 11.3. The summed E-state index contributed by atoms with van der Waals surface area (Å²) in [6.45, 7) is 21.6. The maximum absolute atomic E-state index is 14.0. The minimum absolute atomic E-state index is 0.344. The Bertz CT molecular complexity index is 2430. The monoisotopic (exact) mass is 963 g/mol. The van der Waals surface area contributed by atoms with Crippen LogP contribution in [0.25, 0.3) is 22.3 Å². The molecule has 0 bridgehead atoms. The van der Waals surface area contributed by atoms with Gasteiger partial charge in [-0.15, -0.1) is 0 Å². The smallest absolute Gasteiger partial charge is 0.165 e. The number of phenols is 2. The molecule has 63 heavy (non-hydrogen) atoms. The van der Waals surface area contributed by atoms with Crippen LogP contribution in [0.2, 0.25) is 0 Å². The normalized spacial score (nSPS) is 11.1. The minimum atomic E-state index is -2.17. The average molecular weight is 962 g/mol. The number of aryl methyl sites for hydroxylation is 4. The Morgan fingerprint density at radius 2 is 0.762 bits per heavy atom. The third-order valence-corrected chi connectivity index (χ3v) is 13.7. The van der Waals surface area contributed by atoms with E-state index in [1.54, 1.807) is 45.9 Å². The van der Waals surface area contributed by atoms with Crippen LogP contribution in [0.5, 0.6) is 11.5 Å². The molecule has 13 heteroatoms. The number of phenolic OH excluding ortho intramolecular Hbond substituents is 2. The predicted octanol–water partition coefficient (Wildman–Crippen LogP) is 14.8. The molecular formula is C50H48F9MoNO2. The van der Waals surface area contributed by atoms with Crippen molar-refractivity contribution in [1.82, 2.24) is 0 Å². The van der Waals surface area contributed by atoms with Crippen LogP contribution in [-0.4, -0.2) is 14.6 Å². The van der Waals surface area contributed by atoms with Gasteiger partial charge in [-0.3, -0.25) is 0 Å². The molecule has 6 aromatic rings. The van der Waals surface area contributed by atoms with E-state index in [1.165, 1.54) is 24.3 Å². The van der Waals surface area contributed by atoms with E-state index < -0.39 is 81.2 Å². The van der Waals surface area contributed by atoms with Crippen LogP contribution in [0.4, 0.5) is 45.2 Å². The molecule has 0 unspecified atom stereocenters. The summed E-state index contributed by atoms with van der Waals surface area (Å²) in [5.74, 6) is -12.8. The summed E-state index contributed by atoms with van der Waals surface area (Å²) in [5, 5.41) is 20.2. The maximum atomic E-state index is 14.0. The van der Waals surface area contributed by atoms with Crippen molar-refractivity contribution in [2.24, 2.45) is 3.50 Å². The van der Waals surface area contributed by atoms with Gasteiger partial charge in [0.1, 0.15) is 11.6 Å². The molecule has 0 radical (unpaired) electrons. The van der Waals surface area contributed by atoms with Crippen LogP contribution in [0.3, 0.4) is 0 Å². The first kappa shape index (κ1) is 50.3. The topological polar surface area (TPSA) is 52.8 Å². The Kier molecular flexibility index (Phi) is 16.0. The number of halogens is 9. The van der Waals surface area contributed by atoms with E-state index in [0.29, 0.717) is 33.4 Å². The molecule has 0 atom stereocenters. The molecule has 2 N–H and O–H groups in total. The number of aromatic hydroxyl groups is 2. The molecule has 0 aliphatic carbocycles. The van der Waals surface area contributed by atoms with E-state index in [0.717, 1.165) is 50.1 Å². The van der Waals surface area contributed by atoms with Crippen LogP contribution >= 0.6 is 0 Å². The van der Waals surface area contributed by atoms with Crippen molar-refractivity contribution in [3.05, 3.63) is 168 Å². The zero-order valence-electron chi connectivity index (χ0n) is 36.9. The average Bonchev–Trinajstić information content (AvgIpc) is 3.23. The van der Waals surface area contributed by atoms with Gasteiger partial charge in [-0.1, -0.05) is 0 Å². The Labute approximate surface area is 370 Å². The predicted molar refractivity (Wildman–Crippen MR) is 228 cm³/mol. The van der Waals surface area contributed by atoms with Crippen LogP contribution in [0.1, 0.15) is 75.0 Å². The van der Waals surface area contributed by atoms with Gasteiger partial charge in [0, 0.05) is 11.1 Å². The van der Waals surface area contributed by atoms with E-state index in [1.807, 2.05) is 71.9 Å². The van der Waals surface area contributed by atoms with Gasteiger partial charge in [0.25, 0.3) is 0 Å². The molecule has 0 saturated heterocycles. The van der Waals surface area contributed by atoms with Gasteiger partial charge in [0.2, 0.25) is 0 Å². The Morgan fingerprint density at radius 1 is 0.444 bits per heavy atom. The summed E-state index contributed by atoms with van der Waals surface area (Å²) in [6, 6.07) is 14.9. The fraction of sp³-hybridized carbons (Fsp3) is 0.260. The van der Waals surface area contributed by atoms with E-state index in [-0.39, 0.29) is 11.6 Å². The molecule has 0 heterocycles. The van der Waals surface area contributed by atoms with Gasteiger partial charge >= 0.3 is 138 Å². The molecule has 0 saturated carbocycles. The van der Waals surface area contributed by atoms with E-state index >= 15 is 0 Å². The number of benzene rings is 6. The molecule has 0 fully saturated rings. The quantitative estimate of drug-likeness (QED) is 0.0783. The number of hydrogen-bond acceptors (Lipinski definition) is 3. The number of rotatable bonds is 5. The van der Waals surface area contributed by atoms with Crippen molar-refractivity contribution in [3.63, 3.8) is 0 Å². The Morgan fingerprint density at radius 3 is 1.13 bits per heavy atom. The van der Waals surface area contributed by atoms with Gasteiger partial charge in [-0.05, 0) is 160 Å². The number of hydrogen-bond donors (Lipinski definition) is 2. The molecule has 6 rings (SSSR count). The molecule has 0 amide bonds. The number of nitrogens with zero attached hydrogens (tertiary/aromatic N) is 1. The Hall–Kier alpha value is -5.35. The van der Waals surface area contributed by atoms with Gasteiger partial charge in [0.05, 0.1) is 0 Å². The molecule has 3 nitrogen and oxygen atoms in total. The molecule has 0 aromatic heterocycles. The summed E-state index contributed by atoms with van der Waals surface area (Å²) in [6.07, 6.45) is 0. The summed E-state index contributed by atoms with van der Waals surface area (Å²) in [7, 11) is 0. The van der Waals surface area contributed by atoms with E-state index in [9.17, 15) is 49.7 Å². The summed E-state index contributed by atoms with van der Waals surface area (Å²) >= 11 is -1.47. The summed E-state index contributed by atoms with van der Waals surface area (Å²) in [4.78, 5) is 0. The standard InChI is InChI=1S/2C17H18F2O.C10H12.C6F5N.Mo/c2*1-8-6-13(18)12(5)15(10(8)3)16-11(4)9(2)7-14(19)17(16)20;1-10(2,3)9-7-5-4-6-8-9;7-1-2(8)4(10)6(12)5(11)3(1)9;/h2*6-7,20H,1-5H3;1,4-8H,2-3H3;;. The minimum Gasteiger partial charge on any atom is -0.504 e. The fourth-order valence-electron chi connectivity index (χ4n) is 6.91. The second-order valence-electron chi connectivity index (χ2n) is 16.0. The van der Waals surface area contributed by atoms with Gasteiger partial charge in [-0.25, -0.2) is 17.6 Å². The van der Waals surface area contributed by atoms with Crippen LogP contribution in [0.15, 0.2) is 58.1 Å². The van der Waals surface area contributed by atoms with Gasteiger partial charge in [0.15, 0.2) is 23.1 Å². The van der Waals surface area contributed by atoms with Crippen molar-refractivity contribution in [3.8, 4) is 33.8 Å². The molecule has 334 valence electrons. The maximum Gasteiger partial charge on any atom is 0.165 e. The molecule has 6 aromatic carbocycles.